The zero-order chi connectivity index (χ0) is 25.7. The summed E-state index contributed by atoms with van der Waals surface area (Å²) < 4.78 is 141. The third-order valence-corrected chi connectivity index (χ3v) is 3.89. The van der Waals surface area contributed by atoms with Gasteiger partial charge in [0.05, 0.1) is 11.1 Å². The first kappa shape index (κ1) is 26.4. The fraction of sp³-hybridized carbons (Fsp3) is 0.100. The predicted octanol–water partition coefficient (Wildman–Crippen LogP) is 4.98. The van der Waals surface area contributed by atoms with Crippen molar-refractivity contribution in [1.82, 2.24) is 0 Å². The second kappa shape index (κ2) is 10.9. The number of rotatable bonds is 7. The number of hydrogen-bond acceptors (Lipinski definition) is 4. The molecule has 2 aromatic rings. The number of hydrogen-bond donors (Lipinski definition) is 0. The van der Waals surface area contributed by atoms with Crippen molar-refractivity contribution in [2.45, 2.75) is 13.2 Å². The SMILES string of the molecule is O=C(/C=C\C=C/C(=O)OCc1c(F)c(F)c(F)c(F)c1F)OCc1c(F)c(F)c(F)c(F)c1F. The van der Waals surface area contributed by atoms with Crippen LogP contribution < -0.4 is 0 Å². The van der Waals surface area contributed by atoms with Gasteiger partial charge in [-0.05, 0) is 0 Å². The van der Waals surface area contributed by atoms with E-state index in [0.29, 0.717) is 12.2 Å². The number of carbonyl (C=O) groups is 2. The Hall–Kier alpha value is -3.84. The molecule has 0 aliphatic heterocycles. The van der Waals surface area contributed by atoms with Crippen molar-refractivity contribution >= 4 is 11.9 Å². The van der Waals surface area contributed by atoms with Gasteiger partial charge in [0.15, 0.2) is 46.5 Å². The quantitative estimate of drug-likeness (QED) is 0.134. The van der Waals surface area contributed by atoms with Crippen LogP contribution in [0.2, 0.25) is 0 Å². The molecule has 0 aliphatic rings. The maximum Gasteiger partial charge on any atom is 0.331 e. The smallest absolute Gasteiger partial charge is 0.331 e. The molecule has 0 fully saturated rings. The molecule has 0 amide bonds. The van der Waals surface area contributed by atoms with E-state index in [0.717, 1.165) is 12.2 Å². The molecule has 0 heterocycles. The monoisotopic (exact) mass is 502 g/mol. The Kier molecular flexibility index (Phi) is 8.43. The topological polar surface area (TPSA) is 52.6 Å². The lowest BCUT2D eigenvalue weighted by molar-refractivity contribution is -0.140. The first-order valence-electron chi connectivity index (χ1n) is 8.57. The number of allylic oxidation sites excluding steroid dienone is 2. The zero-order valence-electron chi connectivity index (χ0n) is 16.1. The summed E-state index contributed by atoms with van der Waals surface area (Å²) in [4.78, 5) is 22.9. The zero-order valence-corrected chi connectivity index (χ0v) is 16.1. The lowest BCUT2D eigenvalue weighted by atomic mass is 10.2. The minimum absolute atomic E-state index is 0.542. The minimum atomic E-state index is -2.40. The standard InChI is InChI=1S/C20H8F10O4/c21-11-7(12(22)16(26)19(29)15(11)25)5-33-9(31)3-1-2-4-10(32)34-6-8-13(23)17(27)20(30)18(28)14(8)24/h1-4H,5-6H2/b3-1-,4-2-. The first-order valence-corrected chi connectivity index (χ1v) is 8.57. The molecule has 0 unspecified atom stereocenters. The molecule has 0 bridgehead atoms. The highest BCUT2D eigenvalue weighted by Gasteiger charge is 2.27. The second-order valence-corrected chi connectivity index (χ2v) is 6.03. The highest BCUT2D eigenvalue weighted by Crippen LogP contribution is 2.24. The van der Waals surface area contributed by atoms with Crippen LogP contribution in [0, 0.1) is 58.2 Å². The minimum Gasteiger partial charge on any atom is -0.457 e. The molecule has 0 saturated heterocycles. The molecule has 0 aromatic heterocycles. The van der Waals surface area contributed by atoms with Gasteiger partial charge in [-0.2, -0.15) is 0 Å². The average molecular weight is 502 g/mol. The van der Waals surface area contributed by atoms with Crippen LogP contribution in [-0.2, 0) is 32.3 Å². The van der Waals surface area contributed by atoms with E-state index < -0.39 is 94.5 Å². The number of benzene rings is 2. The van der Waals surface area contributed by atoms with Crippen molar-refractivity contribution in [3.05, 3.63) is 93.6 Å². The van der Waals surface area contributed by atoms with Gasteiger partial charge in [-0.3, -0.25) is 0 Å². The van der Waals surface area contributed by atoms with Gasteiger partial charge in [0, 0.05) is 12.2 Å². The Morgan fingerprint density at radius 3 is 0.971 bits per heavy atom. The molecule has 0 spiro atoms. The summed E-state index contributed by atoms with van der Waals surface area (Å²) in [6.45, 7) is -2.66. The van der Waals surface area contributed by atoms with E-state index in [1.54, 1.807) is 0 Å². The van der Waals surface area contributed by atoms with Crippen LogP contribution >= 0.6 is 0 Å². The van der Waals surface area contributed by atoms with Gasteiger partial charge in [-0.25, -0.2) is 53.5 Å². The number of esters is 2. The highest BCUT2D eigenvalue weighted by atomic mass is 19.2. The second-order valence-electron chi connectivity index (χ2n) is 6.03. The van der Waals surface area contributed by atoms with Crippen LogP contribution in [0.3, 0.4) is 0 Å². The summed E-state index contributed by atoms with van der Waals surface area (Å²) in [5.74, 6) is -25.3. The largest absolute Gasteiger partial charge is 0.457 e. The average Bonchev–Trinajstić information content (AvgIpc) is 2.81. The van der Waals surface area contributed by atoms with Gasteiger partial charge < -0.3 is 9.47 Å². The van der Waals surface area contributed by atoms with Crippen LogP contribution in [0.4, 0.5) is 43.9 Å². The summed E-state index contributed by atoms with van der Waals surface area (Å²) in [6, 6.07) is 0. The van der Waals surface area contributed by atoms with Crippen LogP contribution in [0.15, 0.2) is 24.3 Å². The van der Waals surface area contributed by atoms with Crippen molar-refractivity contribution in [1.29, 1.82) is 0 Å². The first-order chi connectivity index (χ1) is 15.9. The van der Waals surface area contributed by atoms with Crippen molar-refractivity contribution in [3.63, 3.8) is 0 Å². The van der Waals surface area contributed by atoms with E-state index in [4.69, 9.17) is 0 Å². The van der Waals surface area contributed by atoms with Gasteiger partial charge in [0.1, 0.15) is 13.2 Å². The Balaban J connectivity index is 1.93. The van der Waals surface area contributed by atoms with Crippen LogP contribution in [0.25, 0.3) is 0 Å². The van der Waals surface area contributed by atoms with E-state index in [9.17, 15) is 53.5 Å². The van der Waals surface area contributed by atoms with E-state index in [1.165, 1.54) is 0 Å². The number of ether oxygens (including phenoxy) is 2. The van der Waals surface area contributed by atoms with Gasteiger partial charge in [0.25, 0.3) is 0 Å². The molecular weight excluding hydrogens is 494 g/mol. The van der Waals surface area contributed by atoms with Crippen molar-refractivity contribution < 1.29 is 63.0 Å². The van der Waals surface area contributed by atoms with Gasteiger partial charge in [0.2, 0.25) is 11.6 Å². The van der Waals surface area contributed by atoms with Crippen molar-refractivity contribution in [2.75, 3.05) is 0 Å². The van der Waals surface area contributed by atoms with Gasteiger partial charge >= 0.3 is 11.9 Å². The molecule has 0 atom stereocenters. The maximum atomic E-state index is 13.5. The molecule has 0 aliphatic carbocycles. The Labute approximate surface area is 182 Å². The van der Waals surface area contributed by atoms with E-state index in [-0.39, 0.29) is 0 Å². The molecule has 0 N–H and O–H groups in total. The van der Waals surface area contributed by atoms with Gasteiger partial charge in [-0.15, -0.1) is 0 Å². The molecule has 182 valence electrons. The highest BCUT2D eigenvalue weighted by molar-refractivity contribution is 5.84. The summed E-state index contributed by atoms with van der Waals surface area (Å²) in [5.41, 5.74) is -2.82. The molecule has 0 saturated carbocycles. The molecule has 14 heteroatoms. The molecule has 2 rings (SSSR count). The summed E-state index contributed by atoms with van der Waals surface area (Å²) in [6.07, 6.45) is 2.64. The lowest BCUT2D eigenvalue weighted by Gasteiger charge is -2.08. The fourth-order valence-electron chi connectivity index (χ4n) is 2.21. The maximum absolute atomic E-state index is 13.5. The summed E-state index contributed by atoms with van der Waals surface area (Å²) >= 11 is 0. The van der Waals surface area contributed by atoms with Crippen LogP contribution in [-0.4, -0.2) is 11.9 Å². The molecular formula is C20H8F10O4. The molecule has 34 heavy (non-hydrogen) atoms. The number of halogens is 10. The van der Waals surface area contributed by atoms with Crippen molar-refractivity contribution in [3.8, 4) is 0 Å². The third-order valence-electron chi connectivity index (χ3n) is 3.89. The van der Waals surface area contributed by atoms with Gasteiger partial charge in [-0.1, -0.05) is 12.2 Å². The van der Waals surface area contributed by atoms with Crippen LogP contribution in [0.1, 0.15) is 11.1 Å². The summed E-state index contributed by atoms with van der Waals surface area (Å²) in [7, 11) is 0. The summed E-state index contributed by atoms with van der Waals surface area (Å²) in [5, 5.41) is 0. The molecule has 4 nitrogen and oxygen atoms in total. The Bertz CT molecular complexity index is 1060. The van der Waals surface area contributed by atoms with E-state index in [1.807, 2.05) is 0 Å². The van der Waals surface area contributed by atoms with E-state index >= 15 is 0 Å². The van der Waals surface area contributed by atoms with Crippen molar-refractivity contribution in [2.24, 2.45) is 0 Å². The third kappa shape index (κ3) is 5.55. The molecule has 0 radical (unpaired) electrons. The Morgan fingerprint density at radius 1 is 0.471 bits per heavy atom. The fourth-order valence-corrected chi connectivity index (χ4v) is 2.21. The number of carbonyl (C=O) groups excluding carboxylic acids is 2. The van der Waals surface area contributed by atoms with Crippen LogP contribution in [0.5, 0.6) is 0 Å². The Morgan fingerprint density at radius 2 is 0.706 bits per heavy atom. The lowest BCUT2D eigenvalue weighted by Crippen LogP contribution is -2.10. The normalized spacial score (nSPS) is 11.5. The van der Waals surface area contributed by atoms with E-state index in [2.05, 4.69) is 9.47 Å². The predicted molar refractivity (Wildman–Crippen MR) is 90.3 cm³/mol. The molecule has 2 aromatic carbocycles.